The van der Waals surface area contributed by atoms with Crippen LogP contribution < -0.4 is 26.2 Å². The summed E-state index contributed by atoms with van der Waals surface area (Å²) in [6.45, 7) is 2.82. The second-order valence-electron chi connectivity index (χ2n) is 12.6. The van der Waals surface area contributed by atoms with E-state index in [1.165, 1.54) is 86.7 Å². The zero-order chi connectivity index (χ0) is 27.8. The van der Waals surface area contributed by atoms with E-state index in [1.807, 2.05) is 11.8 Å². The van der Waals surface area contributed by atoms with Crippen molar-refractivity contribution in [2.24, 2.45) is 0 Å². The quantitative estimate of drug-likeness (QED) is 0.201. The van der Waals surface area contributed by atoms with Gasteiger partial charge in [-0.2, -0.15) is 0 Å². The minimum Gasteiger partial charge on any atom is -0.336 e. The summed E-state index contributed by atoms with van der Waals surface area (Å²) >= 11 is 1.95. The van der Waals surface area contributed by atoms with E-state index in [1.54, 1.807) is 5.56 Å². The van der Waals surface area contributed by atoms with E-state index < -0.39 is 0 Å². The number of nitrogens with zero attached hydrogens (tertiary/aromatic N) is 2. The van der Waals surface area contributed by atoms with Crippen molar-refractivity contribution in [2.75, 3.05) is 9.80 Å². The van der Waals surface area contributed by atoms with Gasteiger partial charge in [-0.1, -0.05) is 103 Å². The predicted molar refractivity (Wildman–Crippen MR) is 179 cm³/mol. The Labute approximate surface area is 253 Å². The summed E-state index contributed by atoms with van der Waals surface area (Å²) in [4.78, 5) is 7.95. The summed E-state index contributed by atoms with van der Waals surface area (Å²) in [5.41, 5.74) is 12.7. The van der Waals surface area contributed by atoms with Crippen LogP contribution in [0.4, 0.5) is 28.4 Å². The number of hydrogen-bond acceptors (Lipinski definition) is 3. The first kappa shape index (κ1) is 24.7. The molecule has 5 aromatic carbocycles. The highest BCUT2D eigenvalue weighted by Crippen LogP contribution is 2.57. The van der Waals surface area contributed by atoms with Crippen LogP contribution in [0, 0.1) is 0 Å². The van der Waals surface area contributed by atoms with E-state index in [9.17, 15) is 0 Å². The van der Waals surface area contributed by atoms with Crippen LogP contribution in [0.1, 0.15) is 50.5 Å². The Morgan fingerprint density at radius 1 is 0.714 bits per heavy atom. The van der Waals surface area contributed by atoms with Gasteiger partial charge >= 0.3 is 0 Å². The van der Waals surface area contributed by atoms with Crippen molar-refractivity contribution in [3.63, 3.8) is 0 Å². The van der Waals surface area contributed by atoms with Gasteiger partial charge in [-0.3, -0.25) is 0 Å². The van der Waals surface area contributed by atoms with E-state index in [-0.39, 0.29) is 12.3 Å². The molecule has 1 fully saturated rings. The van der Waals surface area contributed by atoms with Gasteiger partial charge in [0.2, 0.25) is 6.71 Å². The van der Waals surface area contributed by atoms with Crippen LogP contribution >= 0.6 is 11.8 Å². The molecule has 0 bridgehead atoms. The zero-order valence-electron chi connectivity index (χ0n) is 24.0. The molecule has 3 aliphatic heterocycles. The molecule has 204 valence electrons. The highest BCUT2D eigenvalue weighted by atomic mass is 32.2. The monoisotopic (exact) mass is 560 g/mol. The topological polar surface area (TPSA) is 6.48 Å². The normalized spacial score (nSPS) is 21.1. The highest BCUT2D eigenvalue weighted by Gasteiger charge is 2.54. The lowest BCUT2D eigenvalue weighted by molar-refractivity contribution is 0.374. The van der Waals surface area contributed by atoms with Gasteiger partial charge in [0.05, 0.1) is 0 Å². The standard InChI is InChI=1S/C38H33BN2S/c1-38-24-10-4-9-18-30(38)29-17-11-19-32-37(29)41(38)33-20-12-21-34-36(33)39(32)31-23-22-28(25-35(31)42-34)40(26-13-5-2-6-14-26)27-15-7-3-8-16-27/h2-3,5-8,11-17,19-23,25,30H,4,9-10,18,24H2,1H3. The van der Waals surface area contributed by atoms with E-state index in [0.717, 1.165) is 0 Å². The molecule has 4 heteroatoms. The molecule has 0 N–H and O–H groups in total. The third-order valence-electron chi connectivity index (χ3n) is 10.3. The predicted octanol–water partition coefficient (Wildman–Crippen LogP) is 8.41. The molecule has 0 saturated heterocycles. The maximum Gasteiger partial charge on any atom is 0.249 e. The van der Waals surface area contributed by atoms with Crippen LogP contribution in [-0.2, 0) is 0 Å². The van der Waals surface area contributed by atoms with Crippen LogP contribution in [0.3, 0.4) is 0 Å². The summed E-state index contributed by atoms with van der Waals surface area (Å²) in [7, 11) is 0. The fourth-order valence-electron chi connectivity index (χ4n) is 8.55. The molecule has 42 heavy (non-hydrogen) atoms. The molecule has 0 radical (unpaired) electrons. The molecule has 0 spiro atoms. The van der Waals surface area contributed by atoms with Gasteiger partial charge in [-0.15, -0.1) is 0 Å². The summed E-state index contributed by atoms with van der Waals surface area (Å²) in [5.74, 6) is 0.603. The summed E-state index contributed by atoms with van der Waals surface area (Å²) < 4.78 is 0. The fourth-order valence-corrected chi connectivity index (χ4v) is 9.75. The third kappa shape index (κ3) is 3.42. The SMILES string of the molecule is CC12CCCCCC1c1cccc3c1N2c1cccc2c1B3c1ccc(N(c3ccccc3)c3ccccc3)cc1S2. The van der Waals surface area contributed by atoms with Crippen molar-refractivity contribution in [1.82, 2.24) is 0 Å². The highest BCUT2D eigenvalue weighted by molar-refractivity contribution is 8.00. The molecule has 0 amide bonds. The lowest BCUT2D eigenvalue weighted by Gasteiger charge is -2.46. The van der Waals surface area contributed by atoms with Crippen molar-refractivity contribution in [3.8, 4) is 0 Å². The van der Waals surface area contributed by atoms with E-state index in [4.69, 9.17) is 0 Å². The molecular weight excluding hydrogens is 527 g/mol. The Hall–Kier alpha value is -3.89. The first-order chi connectivity index (χ1) is 20.7. The second kappa shape index (κ2) is 9.31. The van der Waals surface area contributed by atoms with Crippen molar-refractivity contribution in [3.05, 3.63) is 121 Å². The minimum absolute atomic E-state index is 0.149. The number of hydrogen-bond donors (Lipinski definition) is 0. The molecule has 4 aliphatic rings. The maximum absolute atomic E-state index is 2.80. The largest absolute Gasteiger partial charge is 0.336 e. The summed E-state index contributed by atoms with van der Waals surface area (Å²) in [6, 6.07) is 43.0. The first-order valence-electron chi connectivity index (χ1n) is 15.5. The molecule has 3 heterocycles. The van der Waals surface area contributed by atoms with Crippen molar-refractivity contribution in [2.45, 2.75) is 60.3 Å². The second-order valence-corrected chi connectivity index (χ2v) is 13.7. The smallest absolute Gasteiger partial charge is 0.249 e. The van der Waals surface area contributed by atoms with Gasteiger partial charge in [0, 0.05) is 49.7 Å². The Balaban J connectivity index is 1.23. The molecular formula is C38H33BN2S. The summed E-state index contributed by atoms with van der Waals surface area (Å²) in [6.07, 6.45) is 6.59. The van der Waals surface area contributed by atoms with Crippen molar-refractivity contribution in [1.29, 1.82) is 0 Å². The van der Waals surface area contributed by atoms with E-state index in [2.05, 4.69) is 132 Å². The Morgan fingerprint density at radius 3 is 2.26 bits per heavy atom. The van der Waals surface area contributed by atoms with E-state index in [0.29, 0.717) is 5.92 Å². The molecule has 2 nitrogen and oxygen atoms in total. The molecule has 2 atom stereocenters. The van der Waals surface area contributed by atoms with Crippen LogP contribution in [-0.4, -0.2) is 12.3 Å². The number of benzene rings is 5. The number of para-hydroxylation sites is 3. The van der Waals surface area contributed by atoms with Crippen LogP contribution in [0.2, 0.25) is 0 Å². The van der Waals surface area contributed by atoms with E-state index >= 15 is 0 Å². The fraction of sp³-hybridized carbons (Fsp3) is 0.211. The molecule has 0 aromatic heterocycles. The molecule has 1 saturated carbocycles. The third-order valence-corrected chi connectivity index (χ3v) is 11.5. The van der Waals surface area contributed by atoms with Crippen molar-refractivity contribution >= 4 is 63.3 Å². The Morgan fingerprint density at radius 2 is 1.48 bits per heavy atom. The minimum atomic E-state index is 0.149. The number of fused-ring (bicyclic) bond motifs is 7. The van der Waals surface area contributed by atoms with Gasteiger partial charge < -0.3 is 9.80 Å². The Bertz CT molecular complexity index is 1800. The number of anilines is 5. The zero-order valence-corrected chi connectivity index (χ0v) is 24.8. The van der Waals surface area contributed by atoms with Gasteiger partial charge in [0.15, 0.2) is 0 Å². The maximum atomic E-state index is 2.80. The number of rotatable bonds is 3. The van der Waals surface area contributed by atoms with Crippen LogP contribution in [0.15, 0.2) is 125 Å². The first-order valence-corrected chi connectivity index (χ1v) is 16.3. The summed E-state index contributed by atoms with van der Waals surface area (Å²) in [5, 5.41) is 0. The molecule has 2 unspecified atom stereocenters. The molecule has 9 rings (SSSR count). The lowest BCUT2D eigenvalue weighted by atomic mass is 9.35. The molecule has 5 aromatic rings. The van der Waals surface area contributed by atoms with Gasteiger partial charge in [-0.25, -0.2) is 0 Å². The van der Waals surface area contributed by atoms with Crippen LogP contribution in [0.25, 0.3) is 0 Å². The van der Waals surface area contributed by atoms with Gasteiger partial charge in [0.1, 0.15) is 0 Å². The average Bonchev–Trinajstić information content (AvgIpc) is 3.13. The van der Waals surface area contributed by atoms with Gasteiger partial charge in [-0.05, 0) is 84.8 Å². The van der Waals surface area contributed by atoms with Crippen molar-refractivity contribution < 1.29 is 0 Å². The lowest BCUT2D eigenvalue weighted by Crippen LogP contribution is -2.62. The van der Waals surface area contributed by atoms with Gasteiger partial charge in [0.25, 0.3) is 0 Å². The average molecular weight is 561 g/mol. The van der Waals surface area contributed by atoms with Crippen LogP contribution in [0.5, 0.6) is 0 Å². The molecule has 1 aliphatic carbocycles. The Kier molecular flexibility index (Phi) is 5.47.